The predicted molar refractivity (Wildman–Crippen MR) is 76.6 cm³/mol. The van der Waals surface area contributed by atoms with Gasteiger partial charge in [0.05, 0.1) is 0 Å². The lowest BCUT2D eigenvalue weighted by molar-refractivity contribution is -0.121. The number of rotatable bonds is 2. The second-order valence-corrected chi connectivity index (χ2v) is 6.80. The molecule has 0 aromatic heterocycles. The van der Waals surface area contributed by atoms with Crippen LogP contribution in [0.25, 0.3) is 0 Å². The van der Waals surface area contributed by atoms with Crippen LogP contribution < -0.4 is 4.72 Å². The first-order chi connectivity index (χ1) is 8.56. The lowest BCUT2D eigenvalue weighted by atomic mass is 10.1. The third-order valence-corrected chi connectivity index (χ3v) is 3.89. The van der Waals surface area contributed by atoms with E-state index in [0.717, 1.165) is 6.92 Å². The number of amides is 1. The number of nitrogens with zero attached hydrogens (tertiary/aromatic N) is 1. The number of hydrogen-bond acceptors (Lipinski definition) is 3. The quantitative estimate of drug-likeness (QED) is 0.853. The zero-order chi connectivity index (χ0) is 15.1. The minimum atomic E-state index is -3.92. The molecule has 0 atom stereocenters. The van der Waals surface area contributed by atoms with Gasteiger partial charge in [-0.25, -0.2) is 0 Å². The summed E-state index contributed by atoms with van der Waals surface area (Å²) in [5, 5.41) is 0. The molecule has 0 aliphatic carbocycles. The summed E-state index contributed by atoms with van der Waals surface area (Å²) in [6.07, 6.45) is 0. The Morgan fingerprint density at radius 3 is 1.58 bits per heavy atom. The van der Waals surface area contributed by atoms with E-state index in [9.17, 15) is 13.2 Å². The largest absolute Gasteiger partial charge is 0.318 e. The molecule has 1 N–H and O–H groups in total. The maximum absolute atomic E-state index is 11.2. The molecule has 0 unspecified atom stereocenters. The Morgan fingerprint density at radius 2 is 1.37 bits per heavy atom. The van der Waals surface area contributed by atoms with E-state index < -0.39 is 21.7 Å². The predicted octanol–water partition coefficient (Wildman–Crippen LogP) is 2.31. The molecule has 0 bridgehead atoms. The molecule has 19 heavy (non-hydrogen) atoms. The van der Waals surface area contributed by atoms with Crippen LogP contribution in [0.4, 0.5) is 0 Å². The van der Waals surface area contributed by atoms with Crippen molar-refractivity contribution in [2.24, 2.45) is 0 Å². The second kappa shape index (κ2) is 7.47. The van der Waals surface area contributed by atoms with Crippen molar-refractivity contribution in [2.45, 2.75) is 33.2 Å². The highest BCUT2D eigenvalue weighted by Crippen LogP contribution is 2.08. The molecule has 1 amide bonds. The van der Waals surface area contributed by atoms with Crippen molar-refractivity contribution in [2.75, 3.05) is 0 Å². The topological polar surface area (TPSA) is 66.5 Å². The zero-order valence-corrected chi connectivity index (χ0v) is 13.0. The Bertz CT molecular complexity index is 457. The molecule has 5 nitrogen and oxygen atoms in total. The van der Waals surface area contributed by atoms with Gasteiger partial charge in [-0.3, -0.25) is 4.79 Å². The summed E-state index contributed by atoms with van der Waals surface area (Å²) in [7, 11) is -3.92. The smallest absolute Gasteiger partial charge is 0.273 e. The number of carbonyl (C=O) groups excluding carboxylic acids is 1. The van der Waals surface area contributed by atoms with Crippen LogP contribution in [0.5, 0.6) is 0 Å². The lowest BCUT2D eigenvalue weighted by Gasteiger charge is -2.22. The van der Waals surface area contributed by atoms with Crippen molar-refractivity contribution in [3.05, 3.63) is 36.4 Å². The molecule has 0 saturated heterocycles. The first-order valence-corrected chi connectivity index (χ1v) is 7.34. The maximum Gasteiger partial charge on any atom is 0.318 e. The van der Waals surface area contributed by atoms with Crippen LogP contribution in [0.2, 0.25) is 0 Å². The van der Waals surface area contributed by atoms with Crippen LogP contribution in [0.3, 0.4) is 0 Å². The van der Waals surface area contributed by atoms with Gasteiger partial charge in [0.25, 0.3) is 0 Å². The molecule has 0 aliphatic rings. The van der Waals surface area contributed by atoms with E-state index >= 15 is 0 Å². The molecule has 7 heteroatoms. The molecule has 108 valence electrons. The Morgan fingerprint density at radius 1 is 1.05 bits per heavy atom. The number of hydrogen-bond donors (Lipinski definition) is 1. The van der Waals surface area contributed by atoms with E-state index in [1.807, 2.05) is 36.4 Å². The number of carbonyl (C=O) groups is 1. The first kappa shape index (κ1) is 17.9. The lowest BCUT2D eigenvalue weighted by Crippen LogP contribution is -2.47. The van der Waals surface area contributed by atoms with E-state index in [-0.39, 0.29) is 3.82 Å². The maximum atomic E-state index is 11.2. The fraction of sp³-hybridized carbons (Fsp3) is 0.417. The fourth-order valence-electron chi connectivity index (χ4n) is 0.981. The van der Waals surface area contributed by atoms with Gasteiger partial charge in [0.1, 0.15) is 0 Å². The van der Waals surface area contributed by atoms with Crippen molar-refractivity contribution < 1.29 is 13.2 Å². The van der Waals surface area contributed by atoms with Gasteiger partial charge in [-0.1, -0.05) is 36.4 Å². The summed E-state index contributed by atoms with van der Waals surface area (Å²) < 4.78 is 24.9. The van der Waals surface area contributed by atoms with E-state index in [0.29, 0.717) is 0 Å². The molecule has 0 saturated carbocycles. The molecule has 1 aromatic rings. The minimum absolute atomic E-state index is 0.151. The standard InChI is InChI=1S/C6H13ClN2O3S.C6H6/c1-5(10)9(7)13(11,12)8-6(2,3)4;1-2-4-6-5-3-1/h8H,1-4H3;1-6H. The molecule has 0 heterocycles. The van der Waals surface area contributed by atoms with Gasteiger partial charge < -0.3 is 0 Å². The van der Waals surface area contributed by atoms with E-state index in [4.69, 9.17) is 11.8 Å². The summed E-state index contributed by atoms with van der Waals surface area (Å²) >= 11 is 5.25. The number of nitrogens with one attached hydrogen (secondary N) is 1. The molecule has 0 spiro atoms. The molecule has 1 rings (SSSR count). The Kier molecular flexibility index (Phi) is 7.04. The van der Waals surface area contributed by atoms with Gasteiger partial charge in [-0.05, 0) is 20.8 Å². The van der Waals surface area contributed by atoms with Crippen LogP contribution in [0.1, 0.15) is 27.7 Å². The normalized spacial score (nSPS) is 11.2. The third-order valence-electron chi connectivity index (χ3n) is 1.56. The summed E-state index contributed by atoms with van der Waals surface area (Å²) in [4.78, 5) is 10.7. The molecular formula is C12H19ClN2O3S. The van der Waals surface area contributed by atoms with Crippen molar-refractivity contribution >= 4 is 27.9 Å². The fourth-order valence-corrected chi connectivity index (χ4v) is 2.28. The average molecular weight is 307 g/mol. The summed E-state index contributed by atoms with van der Waals surface area (Å²) in [6.45, 7) is 6.01. The Labute approximate surface area is 119 Å². The minimum Gasteiger partial charge on any atom is -0.273 e. The van der Waals surface area contributed by atoms with E-state index in [2.05, 4.69) is 4.72 Å². The van der Waals surface area contributed by atoms with Gasteiger partial charge in [0.15, 0.2) is 0 Å². The number of benzene rings is 1. The Balaban J connectivity index is 0.000000443. The van der Waals surface area contributed by atoms with Gasteiger partial charge in [-0.2, -0.15) is 13.1 Å². The summed E-state index contributed by atoms with van der Waals surface area (Å²) in [6, 6.07) is 12.0. The van der Waals surface area contributed by atoms with Crippen LogP contribution in [0, 0.1) is 0 Å². The van der Waals surface area contributed by atoms with Gasteiger partial charge >= 0.3 is 10.2 Å². The van der Waals surface area contributed by atoms with E-state index in [1.165, 1.54) is 0 Å². The highest BCUT2D eigenvalue weighted by molar-refractivity contribution is 7.88. The van der Waals surface area contributed by atoms with Gasteiger partial charge in [-0.15, -0.1) is 3.82 Å². The highest BCUT2D eigenvalue weighted by atomic mass is 35.5. The van der Waals surface area contributed by atoms with Gasteiger partial charge in [0, 0.05) is 24.2 Å². The first-order valence-electron chi connectivity index (χ1n) is 5.57. The van der Waals surface area contributed by atoms with Crippen molar-refractivity contribution in [3.8, 4) is 0 Å². The van der Waals surface area contributed by atoms with Crippen LogP contribution in [0.15, 0.2) is 36.4 Å². The van der Waals surface area contributed by atoms with Gasteiger partial charge in [0.2, 0.25) is 5.91 Å². The van der Waals surface area contributed by atoms with Crippen molar-refractivity contribution in [1.82, 2.24) is 8.55 Å². The average Bonchev–Trinajstić information content (AvgIpc) is 2.28. The summed E-state index contributed by atoms with van der Waals surface area (Å²) in [5.41, 5.74) is -0.665. The monoisotopic (exact) mass is 306 g/mol. The third kappa shape index (κ3) is 8.58. The van der Waals surface area contributed by atoms with Crippen LogP contribution in [-0.2, 0) is 15.0 Å². The molecule has 0 fully saturated rings. The molecule has 1 aromatic carbocycles. The van der Waals surface area contributed by atoms with Crippen molar-refractivity contribution in [1.29, 1.82) is 0 Å². The molecular weight excluding hydrogens is 288 g/mol. The van der Waals surface area contributed by atoms with E-state index in [1.54, 1.807) is 20.8 Å². The molecule has 0 radical (unpaired) electrons. The SMILES string of the molecule is CC(=O)N(Cl)S(=O)(=O)NC(C)(C)C.c1ccccc1. The zero-order valence-electron chi connectivity index (χ0n) is 11.4. The van der Waals surface area contributed by atoms with Crippen LogP contribution in [-0.4, -0.2) is 23.7 Å². The Hall–Kier alpha value is -1.11. The summed E-state index contributed by atoms with van der Waals surface area (Å²) in [5.74, 6) is -0.751. The number of halogens is 1. The molecule has 0 aliphatic heterocycles. The van der Waals surface area contributed by atoms with Crippen molar-refractivity contribution in [3.63, 3.8) is 0 Å². The highest BCUT2D eigenvalue weighted by Gasteiger charge is 2.27. The second-order valence-electron chi connectivity index (χ2n) is 4.75. The van der Waals surface area contributed by atoms with Crippen LogP contribution >= 0.6 is 11.8 Å².